The van der Waals surface area contributed by atoms with Crippen molar-refractivity contribution in [2.75, 3.05) is 20.7 Å². The van der Waals surface area contributed by atoms with Gasteiger partial charge in [-0.25, -0.2) is 4.79 Å². The molecule has 0 saturated carbocycles. The molecule has 22 heavy (non-hydrogen) atoms. The van der Waals surface area contributed by atoms with Gasteiger partial charge in [-0.1, -0.05) is 11.6 Å². The summed E-state index contributed by atoms with van der Waals surface area (Å²) in [6.45, 7) is 1.03. The predicted molar refractivity (Wildman–Crippen MR) is 80.3 cm³/mol. The number of nitrogens with zero attached hydrogens (tertiary/aromatic N) is 1. The van der Waals surface area contributed by atoms with Crippen LogP contribution in [0, 0.1) is 0 Å². The van der Waals surface area contributed by atoms with Crippen LogP contribution in [0.4, 0.5) is 0 Å². The molecular formula is C17H19NO4. The second kappa shape index (κ2) is 4.74. The molecule has 5 nitrogen and oxygen atoms in total. The number of aromatic hydroxyl groups is 1. The van der Waals surface area contributed by atoms with Gasteiger partial charge in [-0.2, -0.15) is 0 Å². The lowest BCUT2D eigenvalue weighted by Crippen LogP contribution is -2.45. The number of benzene rings is 1. The van der Waals surface area contributed by atoms with Gasteiger partial charge in [0.1, 0.15) is 6.10 Å². The maximum absolute atomic E-state index is 12.3. The average Bonchev–Trinajstić information content (AvgIpc) is 2.88. The quantitative estimate of drug-likeness (QED) is 0.635. The highest BCUT2D eigenvalue weighted by atomic mass is 16.5. The van der Waals surface area contributed by atoms with Crippen LogP contribution >= 0.6 is 0 Å². The van der Waals surface area contributed by atoms with Crippen LogP contribution < -0.4 is 4.74 Å². The van der Waals surface area contributed by atoms with Gasteiger partial charge in [0, 0.05) is 24.9 Å². The van der Waals surface area contributed by atoms with E-state index in [0.29, 0.717) is 11.3 Å². The number of fused-ring (bicyclic) bond motifs is 5. The lowest BCUT2D eigenvalue weighted by Gasteiger charge is -2.41. The number of rotatable bonds is 1. The highest BCUT2D eigenvalue weighted by molar-refractivity contribution is 5.94. The first kappa shape index (κ1) is 13.6. The number of hydrogen-bond acceptors (Lipinski definition) is 5. The minimum atomic E-state index is -0.355. The molecule has 4 rings (SSSR count). The number of ether oxygens (including phenoxy) is 2. The molecule has 1 aromatic rings. The van der Waals surface area contributed by atoms with Gasteiger partial charge in [0.05, 0.1) is 12.7 Å². The summed E-state index contributed by atoms with van der Waals surface area (Å²) in [5, 5.41) is 9.97. The molecule has 1 unspecified atom stereocenters. The summed E-state index contributed by atoms with van der Waals surface area (Å²) in [6, 6.07) is 3.54. The van der Waals surface area contributed by atoms with E-state index in [1.165, 1.54) is 18.7 Å². The van der Waals surface area contributed by atoms with E-state index in [0.717, 1.165) is 24.9 Å². The Morgan fingerprint density at radius 1 is 1.41 bits per heavy atom. The number of likely N-dealkylation sites (tertiary alicyclic amines) is 1. The normalized spacial score (nSPS) is 30.0. The standard InChI is InChI=1S/C17H19NO4/c1-18-6-5-9-3-4-13-15(16(9)18)10-8-14(21-2)12(19)7-11(10)17(20)22-13/h3,7-8,13,15-16,19H,4-6H2,1-2H3/t13-,15?,16-/m1/s1. The smallest absolute Gasteiger partial charge is 0.338 e. The molecule has 2 heterocycles. The third-order valence-corrected chi connectivity index (χ3v) is 5.15. The van der Waals surface area contributed by atoms with Crippen molar-refractivity contribution in [1.29, 1.82) is 0 Å². The number of esters is 1. The van der Waals surface area contributed by atoms with Crippen molar-refractivity contribution >= 4 is 5.97 Å². The lowest BCUT2D eigenvalue weighted by atomic mass is 9.75. The number of hydrogen-bond donors (Lipinski definition) is 1. The summed E-state index contributed by atoms with van der Waals surface area (Å²) in [5.74, 6) is 0.133. The van der Waals surface area contributed by atoms with Crippen molar-refractivity contribution in [3.8, 4) is 11.5 Å². The van der Waals surface area contributed by atoms with Crippen LogP contribution in [0.15, 0.2) is 23.8 Å². The minimum Gasteiger partial charge on any atom is -0.504 e. The van der Waals surface area contributed by atoms with Crippen LogP contribution in [0.5, 0.6) is 11.5 Å². The Labute approximate surface area is 129 Å². The van der Waals surface area contributed by atoms with Crippen LogP contribution in [0.3, 0.4) is 0 Å². The molecule has 0 bridgehead atoms. The van der Waals surface area contributed by atoms with Gasteiger partial charge >= 0.3 is 5.97 Å². The van der Waals surface area contributed by atoms with Gasteiger partial charge in [-0.3, -0.25) is 4.90 Å². The number of phenolic OH excluding ortho intramolecular Hbond substituents is 1. The minimum absolute atomic E-state index is 0.0250. The highest BCUT2D eigenvalue weighted by Crippen LogP contribution is 2.47. The average molecular weight is 301 g/mol. The van der Waals surface area contributed by atoms with E-state index < -0.39 is 0 Å². The summed E-state index contributed by atoms with van der Waals surface area (Å²) in [5.41, 5.74) is 2.82. The molecule has 3 atom stereocenters. The monoisotopic (exact) mass is 301 g/mol. The van der Waals surface area contributed by atoms with Crippen molar-refractivity contribution in [1.82, 2.24) is 4.90 Å². The van der Waals surface area contributed by atoms with Crippen LogP contribution in [-0.2, 0) is 4.74 Å². The number of methoxy groups -OCH3 is 1. The number of phenols is 1. The third kappa shape index (κ3) is 1.78. The molecule has 2 aliphatic heterocycles. The first-order valence-corrected chi connectivity index (χ1v) is 7.61. The van der Waals surface area contributed by atoms with Crippen LogP contribution in [0.1, 0.15) is 34.7 Å². The van der Waals surface area contributed by atoms with Gasteiger partial charge in [0.2, 0.25) is 0 Å². The number of carbonyl (C=O) groups excluding carboxylic acids is 1. The number of likely N-dealkylation sites (N-methyl/N-ethyl adjacent to an activating group) is 1. The zero-order valence-electron chi connectivity index (χ0n) is 12.7. The van der Waals surface area contributed by atoms with E-state index >= 15 is 0 Å². The van der Waals surface area contributed by atoms with E-state index in [2.05, 4.69) is 18.0 Å². The summed E-state index contributed by atoms with van der Waals surface area (Å²) in [4.78, 5) is 14.6. The van der Waals surface area contributed by atoms with Crippen molar-refractivity contribution in [3.05, 3.63) is 34.9 Å². The largest absolute Gasteiger partial charge is 0.504 e. The summed E-state index contributed by atoms with van der Waals surface area (Å²) < 4.78 is 10.9. The van der Waals surface area contributed by atoms with Crippen LogP contribution in [0.25, 0.3) is 0 Å². The summed E-state index contributed by atoms with van der Waals surface area (Å²) in [7, 11) is 3.63. The zero-order valence-corrected chi connectivity index (χ0v) is 12.7. The Kier molecular flexibility index (Phi) is 2.94. The van der Waals surface area contributed by atoms with Gasteiger partial charge in [0.25, 0.3) is 0 Å². The summed E-state index contributed by atoms with van der Waals surface area (Å²) in [6.07, 6.45) is 3.93. The second-order valence-electron chi connectivity index (χ2n) is 6.27. The second-order valence-corrected chi connectivity index (χ2v) is 6.27. The Hall–Kier alpha value is -2.01. The molecule has 1 fully saturated rings. The predicted octanol–water partition coefficient (Wildman–Crippen LogP) is 2.06. The van der Waals surface area contributed by atoms with Crippen molar-refractivity contribution < 1.29 is 19.4 Å². The molecule has 1 saturated heterocycles. The van der Waals surface area contributed by atoms with E-state index in [-0.39, 0.29) is 29.8 Å². The van der Waals surface area contributed by atoms with Gasteiger partial charge in [-0.05, 0) is 31.2 Å². The van der Waals surface area contributed by atoms with Gasteiger partial charge in [0.15, 0.2) is 11.5 Å². The molecule has 116 valence electrons. The third-order valence-electron chi connectivity index (χ3n) is 5.15. The van der Waals surface area contributed by atoms with Crippen molar-refractivity contribution in [2.45, 2.75) is 30.9 Å². The Bertz CT molecular complexity index is 681. The van der Waals surface area contributed by atoms with Crippen molar-refractivity contribution in [2.24, 2.45) is 0 Å². The Balaban J connectivity index is 1.88. The van der Waals surface area contributed by atoms with Crippen molar-refractivity contribution in [3.63, 3.8) is 0 Å². The zero-order chi connectivity index (χ0) is 15.4. The molecule has 1 aromatic carbocycles. The fraction of sp³-hybridized carbons (Fsp3) is 0.471. The molecule has 3 aliphatic rings. The molecule has 0 amide bonds. The Morgan fingerprint density at radius 3 is 3.00 bits per heavy atom. The van der Waals surface area contributed by atoms with Crippen LogP contribution in [0.2, 0.25) is 0 Å². The lowest BCUT2D eigenvalue weighted by molar-refractivity contribution is 0.00907. The molecule has 0 radical (unpaired) electrons. The molecule has 1 N–H and O–H groups in total. The maximum Gasteiger partial charge on any atom is 0.338 e. The maximum atomic E-state index is 12.3. The first-order chi connectivity index (χ1) is 10.6. The molecule has 0 spiro atoms. The highest BCUT2D eigenvalue weighted by Gasteiger charge is 2.47. The van der Waals surface area contributed by atoms with E-state index in [1.54, 1.807) is 6.07 Å². The van der Waals surface area contributed by atoms with Gasteiger partial charge in [-0.15, -0.1) is 0 Å². The SMILES string of the molecule is COc1cc2c(cc1O)C(=O)O[C@@H]1CC=C3CCN(C)[C@H]3C21. The molecule has 1 aliphatic carbocycles. The van der Waals surface area contributed by atoms with E-state index in [4.69, 9.17) is 9.47 Å². The van der Waals surface area contributed by atoms with Gasteiger partial charge < -0.3 is 14.6 Å². The van der Waals surface area contributed by atoms with Crippen LogP contribution in [-0.4, -0.2) is 48.8 Å². The van der Waals surface area contributed by atoms with E-state index in [1.807, 2.05) is 0 Å². The molecule has 5 heteroatoms. The summed E-state index contributed by atoms with van der Waals surface area (Å²) >= 11 is 0. The topological polar surface area (TPSA) is 59.0 Å². The molecular weight excluding hydrogens is 282 g/mol. The first-order valence-electron chi connectivity index (χ1n) is 7.61. The number of carbonyl (C=O) groups is 1. The Morgan fingerprint density at radius 2 is 2.23 bits per heavy atom. The fourth-order valence-corrected chi connectivity index (χ4v) is 4.11. The fourth-order valence-electron chi connectivity index (χ4n) is 4.11. The molecule has 0 aromatic heterocycles. The van der Waals surface area contributed by atoms with E-state index in [9.17, 15) is 9.90 Å².